The summed E-state index contributed by atoms with van der Waals surface area (Å²) in [4.78, 5) is 15.8. The van der Waals surface area contributed by atoms with Gasteiger partial charge in [0.05, 0.1) is 16.4 Å². The van der Waals surface area contributed by atoms with E-state index in [0.717, 1.165) is 10.4 Å². The van der Waals surface area contributed by atoms with Crippen molar-refractivity contribution >= 4 is 17.2 Å². The van der Waals surface area contributed by atoms with Crippen molar-refractivity contribution < 1.29 is 23.1 Å². The summed E-state index contributed by atoms with van der Waals surface area (Å²) < 4.78 is 37.3. The molecule has 8 heteroatoms. The number of aliphatic hydroxyl groups is 1. The third kappa shape index (κ3) is 3.83. The van der Waals surface area contributed by atoms with E-state index >= 15 is 0 Å². The number of thiazole rings is 1. The molecule has 0 aliphatic rings. The second-order valence-corrected chi connectivity index (χ2v) is 5.39. The van der Waals surface area contributed by atoms with Gasteiger partial charge < -0.3 is 10.4 Å². The summed E-state index contributed by atoms with van der Waals surface area (Å²) >= 11 is 1.44. The number of alkyl halides is 3. The highest BCUT2D eigenvalue weighted by Gasteiger charge is 2.26. The van der Waals surface area contributed by atoms with Gasteiger partial charge in [0.1, 0.15) is 12.8 Å². The zero-order chi connectivity index (χ0) is 16.1. The largest absolute Gasteiger partial charge is 0.386 e. The number of nitrogens with zero attached hydrogens (tertiary/aromatic N) is 1. The summed E-state index contributed by atoms with van der Waals surface area (Å²) in [7, 11) is 0. The minimum Gasteiger partial charge on any atom is -0.386 e. The molecule has 22 heavy (non-hydrogen) atoms. The fourth-order valence-corrected chi connectivity index (χ4v) is 2.51. The summed E-state index contributed by atoms with van der Waals surface area (Å²) in [5, 5.41) is 11.8. The lowest BCUT2D eigenvalue weighted by molar-refractivity contribution is -0.133. The molecule has 1 heterocycles. The van der Waals surface area contributed by atoms with E-state index in [2.05, 4.69) is 4.98 Å². The van der Waals surface area contributed by atoms with Crippen molar-refractivity contribution in [3.8, 4) is 10.4 Å². The highest BCUT2D eigenvalue weighted by Crippen LogP contribution is 2.26. The Hall–Kier alpha value is -1.93. The van der Waals surface area contributed by atoms with Crippen LogP contribution in [-0.4, -0.2) is 35.1 Å². The summed E-state index contributed by atoms with van der Waals surface area (Å²) in [6, 6.07) is 5.09. The van der Waals surface area contributed by atoms with Crippen LogP contribution in [0.3, 0.4) is 0 Å². The lowest BCUT2D eigenvalue weighted by atomic mass is 10.0. The van der Waals surface area contributed by atoms with Crippen molar-refractivity contribution in [3.05, 3.63) is 41.5 Å². The van der Waals surface area contributed by atoms with Crippen LogP contribution in [0.1, 0.15) is 11.7 Å². The van der Waals surface area contributed by atoms with Crippen LogP contribution in [-0.2, 0) is 4.79 Å². The number of carbonyl (C=O) groups is 1. The number of hydrogen-bond donors (Lipinski definition) is 2. The summed E-state index contributed by atoms with van der Waals surface area (Å²) in [6.07, 6.45) is -2.98. The molecule has 1 amide bonds. The maximum Gasteiger partial charge on any atom is 0.315 e. The Morgan fingerprint density at radius 2 is 2.00 bits per heavy atom. The third-order valence-electron chi connectivity index (χ3n) is 3.04. The van der Waals surface area contributed by atoms with Gasteiger partial charge in [-0.1, -0.05) is 24.3 Å². The molecule has 0 saturated heterocycles. The number of rotatable bonds is 6. The minimum absolute atomic E-state index is 0.325. The molecule has 4 nitrogen and oxygen atoms in total. The van der Waals surface area contributed by atoms with Crippen LogP contribution in [0.5, 0.6) is 0 Å². The Balaban J connectivity index is 2.10. The molecule has 0 spiro atoms. The average molecular weight is 330 g/mol. The number of benzene rings is 1. The SMILES string of the molecule is O=C(N[C@H](CF)[C@H](O)c1ccc(-c2cncs2)cc1)C(F)F. The first kappa shape index (κ1) is 16.4. The van der Waals surface area contributed by atoms with E-state index in [-0.39, 0.29) is 0 Å². The number of carbonyl (C=O) groups excluding carboxylic acids is 1. The Bertz CT molecular complexity index is 605. The zero-order valence-electron chi connectivity index (χ0n) is 11.2. The fourth-order valence-electron chi connectivity index (χ4n) is 1.88. The van der Waals surface area contributed by atoms with Crippen molar-refractivity contribution in [3.63, 3.8) is 0 Å². The van der Waals surface area contributed by atoms with E-state index in [1.807, 2.05) is 0 Å². The quantitative estimate of drug-likeness (QED) is 0.856. The van der Waals surface area contributed by atoms with E-state index in [1.165, 1.54) is 11.3 Å². The molecule has 0 fully saturated rings. The van der Waals surface area contributed by atoms with Gasteiger partial charge in [-0.05, 0) is 11.1 Å². The van der Waals surface area contributed by atoms with Crippen LogP contribution < -0.4 is 5.32 Å². The molecule has 2 atom stereocenters. The summed E-state index contributed by atoms with van der Waals surface area (Å²) in [6.45, 7) is -1.16. The van der Waals surface area contributed by atoms with Crippen LogP contribution in [0, 0.1) is 0 Å². The molecule has 0 saturated carbocycles. The van der Waals surface area contributed by atoms with Crippen LogP contribution in [0.25, 0.3) is 10.4 Å². The molecular weight excluding hydrogens is 317 g/mol. The number of aromatic nitrogens is 1. The number of hydrogen-bond acceptors (Lipinski definition) is 4. The van der Waals surface area contributed by atoms with Crippen molar-refractivity contribution in [2.45, 2.75) is 18.6 Å². The standard InChI is InChI=1S/C14H13F3N2O2S/c15-5-10(19-14(21)13(16)17)12(20)9-3-1-8(2-4-9)11-6-18-7-22-11/h1-4,6-7,10,12-13,20H,5H2,(H,19,21)/t10-,12-/m1/s1. The second kappa shape index (κ2) is 7.37. The Morgan fingerprint density at radius 1 is 1.32 bits per heavy atom. The van der Waals surface area contributed by atoms with Gasteiger partial charge in [0, 0.05) is 6.20 Å². The van der Waals surface area contributed by atoms with Crippen LogP contribution >= 0.6 is 11.3 Å². The molecule has 0 radical (unpaired) electrons. The van der Waals surface area contributed by atoms with Gasteiger partial charge in [-0.2, -0.15) is 8.78 Å². The monoisotopic (exact) mass is 330 g/mol. The normalized spacial score (nSPS) is 13.9. The maximum absolute atomic E-state index is 12.9. The van der Waals surface area contributed by atoms with Gasteiger partial charge in [-0.15, -0.1) is 11.3 Å². The zero-order valence-corrected chi connectivity index (χ0v) is 12.1. The smallest absolute Gasteiger partial charge is 0.315 e. The first-order valence-electron chi connectivity index (χ1n) is 6.34. The molecule has 0 aliphatic carbocycles. The van der Waals surface area contributed by atoms with E-state index < -0.39 is 31.2 Å². The molecule has 2 aromatic rings. The van der Waals surface area contributed by atoms with Gasteiger partial charge in [0.15, 0.2) is 0 Å². The maximum atomic E-state index is 12.9. The summed E-state index contributed by atoms with van der Waals surface area (Å²) in [5.74, 6) is -1.61. The van der Waals surface area contributed by atoms with E-state index in [0.29, 0.717) is 5.56 Å². The van der Waals surface area contributed by atoms with Crippen LogP contribution in [0.4, 0.5) is 13.2 Å². The van der Waals surface area contributed by atoms with Crippen LogP contribution in [0.15, 0.2) is 36.0 Å². The van der Waals surface area contributed by atoms with Crippen LogP contribution in [0.2, 0.25) is 0 Å². The second-order valence-electron chi connectivity index (χ2n) is 4.50. The molecule has 0 bridgehead atoms. The van der Waals surface area contributed by atoms with Gasteiger partial charge in [0.25, 0.3) is 5.91 Å². The van der Waals surface area contributed by atoms with Crippen molar-refractivity contribution in [1.29, 1.82) is 0 Å². The van der Waals surface area contributed by atoms with E-state index in [4.69, 9.17) is 0 Å². The highest BCUT2D eigenvalue weighted by molar-refractivity contribution is 7.13. The molecule has 1 aromatic carbocycles. The highest BCUT2D eigenvalue weighted by atomic mass is 32.1. The predicted molar refractivity (Wildman–Crippen MR) is 76.4 cm³/mol. The number of amides is 1. The Labute approximate surface area is 128 Å². The average Bonchev–Trinajstić information content (AvgIpc) is 3.06. The van der Waals surface area contributed by atoms with Gasteiger partial charge in [-0.25, -0.2) is 4.39 Å². The number of aliphatic hydroxyl groups excluding tert-OH is 1. The lowest BCUT2D eigenvalue weighted by Gasteiger charge is -2.21. The molecule has 1 aromatic heterocycles. The molecule has 2 rings (SSSR count). The number of halogens is 3. The summed E-state index contributed by atoms with van der Waals surface area (Å²) in [5.41, 5.74) is 2.87. The van der Waals surface area contributed by atoms with Gasteiger partial charge in [-0.3, -0.25) is 9.78 Å². The van der Waals surface area contributed by atoms with E-state index in [1.54, 1.807) is 41.3 Å². The molecular formula is C14H13F3N2O2S. The first-order chi connectivity index (χ1) is 10.5. The van der Waals surface area contributed by atoms with Crippen molar-refractivity contribution in [2.24, 2.45) is 0 Å². The van der Waals surface area contributed by atoms with Gasteiger partial charge >= 0.3 is 6.43 Å². The topological polar surface area (TPSA) is 62.2 Å². The number of nitrogens with one attached hydrogen (secondary N) is 1. The Kier molecular flexibility index (Phi) is 5.51. The molecule has 0 unspecified atom stereocenters. The van der Waals surface area contributed by atoms with E-state index in [9.17, 15) is 23.1 Å². The molecule has 2 N–H and O–H groups in total. The van der Waals surface area contributed by atoms with Crippen molar-refractivity contribution in [1.82, 2.24) is 10.3 Å². The molecule has 0 aliphatic heterocycles. The molecule has 118 valence electrons. The Morgan fingerprint density at radius 3 is 2.50 bits per heavy atom. The lowest BCUT2D eigenvalue weighted by Crippen LogP contribution is -2.43. The fraction of sp³-hybridized carbons (Fsp3) is 0.286. The van der Waals surface area contributed by atoms with Crippen molar-refractivity contribution in [2.75, 3.05) is 6.67 Å². The predicted octanol–water partition coefficient (Wildman–Crippen LogP) is 2.56. The third-order valence-corrected chi connectivity index (χ3v) is 3.86. The minimum atomic E-state index is -3.25. The first-order valence-corrected chi connectivity index (χ1v) is 7.22. The van der Waals surface area contributed by atoms with Gasteiger partial charge in [0.2, 0.25) is 0 Å².